The quantitative estimate of drug-likeness (QED) is 0.898. The molecular weight excluding hydrogens is 328 g/mol. The first kappa shape index (κ1) is 17.9. The molecule has 1 unspecified atom stereocenters. The third-order valence-corrected chi connectivity index (χ3v) is 4.56. The predicted octanol–water partition coefficient (Wildman–Crippen LogP) is 2.52. The molecule has 2 amide bonds. The molecule has 0 bridgehead atoms. The Morgan fingerprint density at radius 3 is 2.73 bits per heavy atom. The molecule has 1 aromatic heterocycles. The van der Waals surface area contributed by atoms with Gasteiger partial charge in [0.25, 0.3) is 0 Å². The number of benzene rings is 1. The second-order valence-corrected chi connectivity index (χ2v) is 6.75. The van der Waals surface area contributed by atoms with E-state index in [1.165, 1.54) is 0 Å². The largest absolute Gasteiger partial charge is 0.361 e. The number of hydrogen-bond acceptors (Lipinski definition) is 4. The van der Waals surface area contributed by atoms with E-state index in [0.29, 0.717) is 37.4 Å². The Morgan fingerprint density at radius 1 is 1.23 bits per heavy atom. The number of nitrogens with zero attached hydrogens (tertiary/aromatic N) is 3. The summed E-state index contributed by atoms with van der Waals surface area (Å²) in [4.78, 5) is 32.9. The lowest BCUT2D eigenvalue weighted by molar-refractivity contribution is -0.137. The van der Waals surface area contributed by atoms with Crippen LogP contribution in [0.25, 0.3) is 0 Å². The van der Waals surface area contributed by atoms with Crippen molar-refractivity contribution in [3.63, 3.8) is 0 Å². The Morgan fingerprint density at radius 2 is 2.00 bits per heavy atom. The van der Waals surface area contributed by atoms with Gasteiger partial charge in [-0.1, -0.05) is 30.3 Å². The summed E-state index contributed by atoms with van der Waals surface area (Å²) in [7, 11) is 3.78. The number of carbonyl (C=O) groups is 2. The lowest BCUT2D eigenvalue weighted by Gasteiger charge is -2.32. The number of nitrogens with one attached hydrogen (secondary N) is 1. The number of anilines is 2. The number of hydrogen-bond donors (Lipinski definition) is 1. The molecule has 2 aromatic rings. The topological polar surface area (TPSA) is 65.5 Å². The standard InChI is InChI=1S/C20H24N4O2/c1-23(2)19-17(9-6-12-21-19)22-20(26)16-10-11-18(25)24(14-16)13-15-7-4-3-5-8-15/h3-9,12,16H,10-11,13-14H2,1-2H3,(H,22,26). The first-order valence-electron chi connectivity index (χ1n) is 8.79. The molecule has 3 rings (SSSR count). The molecule has 0 aliphatic carbocycles. The molecule has 0 saturated carbocycles. The van der Waals surface area contributed by atoms with Crippen LogP contribution in [-0.4, -0.2) is 42.3 Å². The van der Waals surface area contributed by atoms with Crippen molar-refractivity contribution >= 4 is 23.3 Å². The molecule has 136 valence electrons. The van der Waals surface area contributed by atoms with Crippen molar-refractivity contribution < 1.29 is 9.59 Å². The molecule has 26 heavy (non-hydrogen) atoms. The van der Waals surface area contributed by atoms with Crippen LogP contribution in [0.15, 0.2) is 48.7 Å². The summed E-state index contributed by atoms with van der Waals surface area (Å²) in [5.74, 6) is 0.542. The molecule has 0 radical (unpaired) electrons. The maximum atomic E-state index is 12.8. The van der Waals surface area contributed by atoms with Crippen LogP contribution in [-0.2, 0) is 16.1 Å². The lowest BCUT2D eigenvalue weighted by atomic mass is 9.96. The van der Waals surface area contributed by atoms with E-state index in [4.69, 9.17) is 0 Å². The number of amides is 2. The zero-order chi connectivity index (χ0) is 18.5. The minimum atomic E-state index is -0.216. The van der Waals surface area contributed by atoms with Gasteiger partial charge in [0.2, 0.25) is 11.8 Å². The Labute approximate surface area is 153 Å². The van der Waals surface area contributed by atoms with Gasteiger partial charge in [-0.2, -0.15) is 0 Å². The van der Waals surface area contributed by atoms with Crippen LogP contribution in [0.1, 0.15) is 18.4 Å². The molecule has 1 fully saturated rings. The zero-order valence-corrected chi connectivity index (χ0v) is 15.2. The van der Waals surface area contributed by atoms with Crippen molar-refractivity contribution in [3.05, 3.63) is 54.2 Å². The average molecular weight is 352 g/mol. The third kappa shape index (κ3) is 4.20. The Balaban J connectivity index is 1.67. The molecule has 0 spiro atoms. The molecule has 2 heterocycles. The van der Waals surface area contributed by atoms with Gasteiger partial charge in [0, 0.05) is 39.8 Å². The van der Waals surface area contributed by atoms with Crippen LogP contribution in [0, 0.1) is 5.92 Å². The second-order valence-electron chi connectivity index (χ2n) is 6.75. The normalized spacial score (nSPS) is 17.1. The summed E-state index contributed by atoms with van der Waals surface area (Å²) in [5, 5.41) is 2.98. The van der Waals surface area contributed by atoms with E-state index in [2.05, 4.69) is 10.3 Å². The van der Waals surface area contributed by atoms with Crippen LogP contribution in [0.3, 0.4) is 0 Å². The second kappa shape index (κ2) is 7.99. The highest BCUT2D eigenvalue weighted by Crippen LogP contribution is 2.24. The Kier molecular flexibility index (Phi) is 5.51. The fourth-order valence-corrected chi connectivity index (χ4v) is 3.17. The van der Waals surface area contributed by atoms with E-state index in [1.807, 2.05) is 55.4 Å². The summed E-state index contributed by atoms with van der Waals surface area (Å²) in [6.07, 6.45) is 2.68. The van der Waals surface area contributed by atoms with E-state index in [1.54, 1.807) is 17.2 Å². The monoisotopic (exact) mass is 352 g/mol. The van der Waals surface area contributed by atoms with Gasteiger partial charge in [0.05, 0.1) is 11.6 Å². The lowest BCUT2D eigenvalue weighted by Crippen LogP contribution is -2.43. The highest BCUT2D eigenvalue weighted by Gasteiger charge is 2.30. The first-order chi connectivity index (χ1) is 12.5. The Bertz CT molecular complexity index is 776. The van der Waals surface area contributed by atoms with Gasteiger partial charge in [-0.15, -0.1) is 0 Å². The van der Waals surface area contributed by atoms with Crippen LogP contribution in [0.5, 0.6) is 0 Å². The minimum Gasteiger partial charge on any atom is -0.361 e. The molecule has 1 aromatic carbocycles. The maximum absolute atomic E-state index is 12.8. The van der Waals surface area contributed by atoms with Crippen molar-refractivity contribution in [1.82, 2.24) is 9.88 Å². The van der Waals surface area contributed by atoms with Crippen molar-refractivity contribution in [3.8, 4) is 0 Å². The summed E-state index contributed by atoms with van der Waals surface area (Å²) in [5.41, 5.74) is 1.76. The van der Waals surface area contributed by atoms with Gasteiger partial charge in [-0.05, 0) is 24.1 Å². The number of aromatic nitrogens is 1. The van der Waals surface area contributed by atoms with Gasteiger partial charge in [-0.25, -0.2) is 4.98 Å². The van der Waals surface area contributed by atoms with Gasteiger partial charge in [0.1, 0.15) is 0 Å². The van der Waals surface area contributed by atoms with E-state index < -0.39 is 0 Å². The molecule has 1 aliphatic heterocycles. The molecule has 1 saturated heterocycles. The highest BCUT2D eigenvalue weighted by molar-refractivity contribution is 5.96. The fourth-order valence-electron chi connectivity index (χ4n) is 3.17. The number of pyridine rings is 1. The smallest absolute Gasteiger partial charge is 0.229 e. The summed E-state index contributed by atoms with van der Waals surface area (Å²) >= 11 is 0. The Hall–Kier alpha value is -2.89. The van der Waals surface area contributed by atoms with E-state index >= 15 is 0 Å². The van der Waals surface area contributed by atoms with Gasteiger partial charge in [-0.3, -0.25) is 9.59 Å². The fraction of sp³-hybridized carbons (Fsp3) is 0.350. The predicted molar refractivity (Wildman–Crippen MR) is 102 cm³/mol. The van der Waals surface area contributed by atoms with Crippen molar-refractivity contribution in [2.24, 2.45) is 5.92 Å². The molecule has 1 N–H and O–H groups in total. The number of likely N-dealkylation sites (tertiary alicyclic amines) is 1. The average Bonchev–Trinajstić information content (AvgIpc) is 2.64. The van der Waals surface area contributed by atoms with E-state index in [-0.39, 0.29) is 17.7 Å². The van der Waals surface area contributed by atoms with Crippen molar-refractivity contribution in [2.45, 2.75) is 19.4 Å². The molecule has 1 atom stereocenters. The molecule has 6 nitrogen and oxygen atoms in total. The minimum absolute atomic E-state index is 0.0633. The molecule has 1 aliphatic rings. The number of carbonyl (C=O) groups excluding carboxylic acids is 2. The van der Waals surface area contributed by atoms with Gasteiger partial charge in [0.15, 0.2) is 5.82 Å². The van der Waals surface area contributed by atoms with Crippen LogP contribution in [0.2, 0.25) is 0 Å². The number of piperidine rings is 1. The third-order valence-electron chi connectivity index (χ3n) is 4.56. The SMILES string of the molecule is CN(C)c1ncccc1NC(=O)C1CCC(=O)N(Cc2ccccc2)C1. The van der Waals surface area contributed by atoms with Crippen molar-refractivity contribution in [2.75, 3.05) is 30.9 Å². The summed E-state index contributed by atoms with van der Waals surface area (Å²) < 4.78 is 0. The van der Waals surface area contributed by atoms with Crippen molar-refractivity contribution in [1.29, 1.82) is 0 Å². The molecular formula is C20H24N4O2. The first-order valence-corrected chi connectivity index (χ1v) is 8.79. The summed E-state index contributed by atoms with van der Waals surface area (Å²) in [6.45, 7) is 0.983. The van der Waals surface area contributed by atoms with E-state index in [0.717, 1.165) is 5.56 Å². The van der Waals surface area contributed by atoms with Gasteiger partial charge < -0.3 is 15.1 Å². The summed E-state index contributed by atoms with van der Waals surface area (Å²) in [6, 6.07) is 13.5. The molecule has 6 heteroatoms. The zero-order valence-electron chi connectivity index (χ0n) is 15.2. The van der Waals surface area contributed by atoms with Crippen LogP contribution >= 0.6 is 0 Å². The van der Waals surface area contributed by atoms with E-state index in [9.17, 15) is 9.59 Å². The number of rotatable bonds is 5. The van der Waals surface area contributed by atoms with Gasteiger partial charge >= 0.3 is 0 Å². The highest BCUT2D eigenvalue weighted by atomic mass is 16.2. The van der Waals surface area contributed by atoms with Crippen LogP contribution < -0.4 is 10.2 Å². The maximum Gasteiger partial charge on any atom is 0.229 e. The van der Waals surface area contributed by atoms with Crippen LogP contribution in [0.4, 0.5) is 11.5 Å².